The second-order valence-electron chi connectivity index (χ2n) is 4.69. The number of carboxylic acid groups (broad SMARTS) is 2. The minimum Gasteiger partial charge on any atom is -0.480 e. The largest absolute Gasteiger partial charge is 0.480 e. The fraction of sp³-hybridized carbons (Fsp3) is 0.769. The van der Waals surface area contributed by atoms with Gasteiger partial charge in [-0.05, 0) is 0 Å². The summed E-state index contributed by atoms with van der Waals surface area (Å²) in [6.45, 7) is 1.82. The predicted octanol–water partition coefficient (Wildman–Crippen LogP) is -2.25. The van der Waals surface area contributed by atoms with Crippen LogP contribution in [0.2, 0.25) is 0 Å². The van der Waals surface area contributed by atoms with Crippen molar-refractivity contribution in [1.29, 1.82) is 0 Å². The third-order valence-electron chi connectivity index (χ3n) is 2.60. The van der Waals surface area contributed by atoms with Crippen molar-refractivity contribution in [1.82, 2.24) is 15.5 Å². The van der Waals surface area contributed by atoms with Crippen LogP contribution in [0.1, 0.15) is 0 Å². The van der Waals surface area contributed by atoms with Crippen LogP contribution < -0.4 is 16.4 Å². The lowest BCUT2D eigenvalue weighted by Gasteiger charge is -2.18. The van der Waals surface area contributed by atoms with Crippen LogP contribution >= 0.6 is 0 Å². The number of urea groups is 1. The van der Waals surface area contributed by atoms with Gasteiger partial charge in [0.1, 0.15) is 0 Å². The Bertz CT molecular complexity index is 365. The predicted molar refractivity (Wildman–Crippen MR) is 83.8 cm³/mol. The molecular weight excluding hydrogens is 324 g/mol. The summed E-state index contributed by atoms with van der Waals surface area (Å²) in [7, 11) is 0. The number of nitrogens with one attached hydrogen (secondary N) is 2. The summed E-state index contributed by atoms with van der Waals surface area (Å²) in [5, 5.41) is 22.4. The Hall–Kier alpha value is -1.95. The quantitative estimate of drug-likeness (QED) is 0.205. The average Bonchev–Trinajstić information content (AvgIpc) is 2.48. The van der Waals surface area contributed by atoms with Crippen molar-refractivity contribution in [2.45, 2.75) is 0 Å². The van der Waals surface area contributed by atoms with E-state index in [4.69, 9.17) is 25.4 Å². The van der Waals surface area contributed by atoms with Crippen LogP contribution in [-0.2, 0) is 19.1 Å². The lowest BCUT2D eigenvalue weighted by molar-refractivity contribution is -0.141. The van der Waals surface area contributed by atoms with Gasteiger partial charge in [-0.3, -0.25) is 14.5 Å². The van der Waals surface area contributed by atoms with Crippen LogP contribution in [0.25, 0.3) is 0 Å². The van der Waals surface area contributed by atoms with Gasteiger partial charge in [-0.15, -0.1) is 0 Å². The smallest absolute Gasteiger partial charge is 0.317 e. The molecule has 0 aromatic carbocycles. The van der Waals surface area contributed by atoms with Crippen molar-refractivity contribution < 1.29 is 34.1 Å². The lowest BCUT2D eigenvalue weighted by atomic mass is 10.4. The van der Waals surface area contributed by atoms with Gasteiger partial charge in [0.2, 0.25) is 0 Å². The van der Waals surface area contributed by atoms with Gasteiger partial charge in [0.15, 0.2) is 0 Å². The highest BCUT2D eigenvalue weighted by atomic mass is 16.5. The maximum absolute atomic E-state index is 11.5. The lowest BCUT2D eigenvalue weighted by Crippen LogP contribution is -2.43. The van der Waals surface area contributed by atoms with Crippen LogP contribution in [0.15, 0.2) is 0 Å². The van der Waals surface area contributed by atoms with Crippen molar-refractivity contribution >= 4 is 18.0 Å². The van der Waals surface area contributed by atoms with E-state index >= 15 is 0 Å². The van der Waals surface area contributed by atoms with Gasteiger partial charge in [0.05, 0.1) is 39.5 Å². The van der Waals surface area contributed by atoms with Crippen LogP contribution in [0.4, 0.5) is 4.79 Å². The van der Waals surface area contributed by atoms with Crippen molar-refractivity contribution in [2.75, 3.05) is 65.7 Å². The van der Waals surface area contributed by atoms with Crippen molar-refractivity contribution in [3.63, 3.8) is 0 Å². The minimum absolute atomic E-state index is 0.112. The normalized spacial score (nSPS) is 10.6. The fourth-order valence-electron chi connectivity index (χ4n) is 1.63. The van der Waals surface area contributed by atoms with Crippen molar-refractivity contribution in [3.05, 3.63) is 0 Å². The van der Waals surface area contributed by atoms with Crippen molar-refractivity contribution in [2.24, 2.45) is 5.73 Å². The number of carboxylic acids is 2. The molecule has 0 spiro atoms. The first-order valence-corrected chi connectivity index (χ1v) is 7.49. The summed E-state index contributed by atoms with van der Waals surface area (Å²) in [5.41, 5.74) is 5.25. The molecule has 2 amide bonds. The molecule has 0 fully saturated rings. The van der Waals surface area contributed by atoms with E-state index in [-0.39, 0.29) is 13.1 Å². The molecule has 0 aromatic rings. The van der Waals surface area contributed by atoms with Gasteiger partial charge in [0, 0.05) is 26.2 Å². The molecule has 0 saturated carbocycles. The maximum atomic E-state index is 11.5. The van der Waals surface area contributed by atoms with Gasteiger partial charge in [-0.2, -0.15) is 0 Å². The minimum atomic E-state index is -1.13. The molecule has 24 heavy (non-hydrogen) atoms. The van der Waals surface area contributed by atoms with E-state index in [1.807, 2.05) is 0 Å². The highest BCUT2D eigenvalue weighted by Gasteiger charge is 2.13. The number of hydrogen-bond acceptors (Lipinski definition) is 7. The standard InChI is InChI=1S/C13H26N4O7/c14-1-5-23-7-8-24-6-3-16-13(22)15-2-4-17(9-11(18)19)10-12(20)21/h1-10,14H2,(H,18,19)(H,20,21)(H2,15,16,22). The van der Waals surface area contributed by atoms with Gasteiger partial charge >= 0.3 is 18.0 Å². The van der Waals surface area contributed by atoms with Gasteiger partial charge in [-0.1, -0.05) is 0 Å². The Morgan fingerprint density at radius 1 is 0.875 bits per heavy atom. The Morgan fingerprint density at radius 3 is 1.96 bits per heavy atom. The molecule has 11 nitrogen and oxygen atoms in total. The molecule has 11 heteroatoms. The van der Waals surface area contributed by atoms with Gasteiger partial charge < -0.3 is 36.1 Å². The number of nitrogens with zero attached hydrogens (tertiary/aromatic N) is 1. The monoisotopic (exact) mass is 350 g/mol. The first kappa shape index (κ1) is 22.1. The number of rotatable bonds is 15. The van der Waals surface area contributed by atoms with Gasteiger partial charge in [0.25, 0.3) is 0 Å². The number of carbonyl (C=O) groups is 3. The molecule has 0 radical (unpaired) electrons. The molecule has 0 unspecified atom stereocenters. The number of amides is 2. The molecule has 0 aliphatic rings. The second kappa shape index (κ2) is 14.6. The van der Waals surface area contributed by atoms with E-state index in [2.05, 4.69) is 10.6 Å². The second-order valence-corrected chi connectivity index (χ2v) is 4.69. The fourth-order valence-corrected chi connectivity index (χ4v) is 1.63. The summed E-state index contributed by atoms with van der Waals surface area (Å²) in [6.07, 6.45) is 0. The molecule has 140 valence electrons. The number of hydrogen-bond donors (Lipinski definition) is 5. The van der Waals surface area contributed by atoms with Crippen LogP contribution in [0, 0.1) is 0 Å². The van der Waals surface area contributed by atoms with E-state index in [1.165, 1.54) is 4.90 Å². The molecule has 0 atom stereocenters. The molecule has 0 aromatic heterocycles. The summed E-state index contributed by atoms with van der Waals surface area (Å²) >= 11 is 0. The molecule has 6 N–H and O–H groups in total. The van der Waals surface area contributed by atoms with E-state index in [0.717, 1.165) is 0 Å². The number of aliphatic carboxylic acids is 2. The summed E-state index contributed by atoms with van der Waals surface area (Å²) in [4.78, 5) is 33.9. The Morgan fingerprint density at radius 2 is 1.42 bits per heavy atom. The van der Waals surface area contributed by atoms with Crippen LogP contribution in [0.5, 0.6) is 0 Å². The summed E-state index contributed by atoms with van der Waals surface area (Å²) in [5.74, 6) is -2.26. The summed E-state index contributed by atoms with van der Waals surface area (Å²) in [6, 6.07) is -0.441. The third-order valence-corrected chi connectivity index (χ3v) is 2.60. The molecule has 0 heterocycles. The molecular formula is C13H26N4O7. The number of carbonyl (C=O) groups excluding carboxylic acids is 1. The maximum Gasteiger partial charge on any atom is 0.317 e. The average molecular weight is 350 g/mol. The number of ether oxygens (including phenoxy) is 2. The molecule has 0 aliphatic carbocycles. The van der Waals surface area contributed by atoms with E-state index < -0.39 is 31.1 Å². The van der Waals surface area contributed by atoms with Crippen LogP contribution in [-0.4, -0.2) is 98.8 Å². The first-order chi connectivity index (χ1) is 11.5. The highest BCUT2D eigenvalue weighted by molar-refractivity contribution is 5.74. The van der Waals surface area contributed by atoms with E-state index in [1.54, 1.807) is 0 Å². The zero-order valence-electron chi connectivity index (χ0n) is 13.5. The summed E-state index contributed by atoms with van der Waals surface area (Å²) < 4.78 is 10.3. The highest BCUT2D eigenvalue weighted by Crippen LogP contribution is 1.87. The SMILES string of the molecule is NCCOCCOCCNC(=O)NCCN(CC(=O)O)CC(=O)O. The zero-order chi connectivity index (χ0) is 18.2. The number of nitrogens with two attached hydrogens (primary N) is 1. The zero-order valence-corrected chi connectivity index (χ0v) is 13.5. The van der Waals surface area contributed by atoms with Crippen molar-refractivity contribution in [3.8, 4) is 0 Å². The van der Waals surface area contributed by atoms with E-state index in [9.17, 15) is 14.4 Å². The molecule has 0 aliphatic heterocycles. The third kappa shape index (κ3) is 15.0. The van der Waals surface area contributed by atoms with E-state index in [0.29, 0.717) is 39.5 Å². The van der Waals surface area contributed by atoms with Gasteiger partial charge in [-0.25, -0.2) is 4.79 Å². The molecule has 0 bridgehead atoms. The topological polar surface area (TPSA) is 163 Å². The molecule has 0 saturated heterocycles. The Labute approximate surface area is 140 Å². The molecule has 0 rings (SSSR count). The Kier molecular flexibility index (Phi) is 13.4. The van der Waals surface area contributed by atoms with Crippen LogP contribution in [0.3, 0.4) is 0 Å². The Balaban J connectivity index is 3.65. The first-order valence-electron chi connectivity index (χ1n) is 7.49.